The van der Waals surface area contributed by atoms with Crippen molar-refractivity contribution in [1.29, 1.82) is 0 Å². The lowest BCUT2D eigenvalue weighted by atomic mass is 9.85. The van der Waals surface area contributed by atoms with Gasteiger partial charge in [0.2, 0.25) is 0 Å². The van der Waals surface area contributed by atoms with Gasteiger partial charge in [-0.15, -0.1) is 0 Å². The lowest BCUT2D eigenvalue weighted by molar-refractivity contribution is 0.285. The van der Waals surface area contributed by atoms with Crippen LogP contribution in [0.3, 0.4) is 0 Å². The molecule has 4 nitrogen and oxygen atoms in total. The van der Waals surface area contributed by atoms with Gasteiger partial charge in [-0.1, -0.05) is 51.1 Å². The molecule has 0 saturated carbocycles. The van der Waals surface area contributed by atoms with Crippen LogP contribution in [0.2, 0.25) is 0 Å². The molecule has 2 atom stereocenters. The Morgan fingerprint density at radius 3 is 2.35 bits per heavy atom. The van der Waals surface area contributed by atoms with Gasteiger partial charge in [0, 0.05) is 42.7 Å². The molecule has 0 spiro atoms. The monoisotopic (exact) mass is 492 g/mol. The van der Waals surface area contributed by atoms with Gasteiger partial charge in [0.25, 0.3) is 0 Å². The van der Waals surface area contributed by atoms with E-state index in [9.17, 15) is 4.39 Å². The van der Waals surface area contributed by atoms with Crippen LogP contribution in [-0.2, 0) is 5.41 Å². The number of aromatic nitrogens is 3. The number of hydrogen-bond acceptors (Lipinski definition) is 3. The molecule has 2 aromatic heterocycles. The van der Waals surface area contributed by atoms with Gasteiger partial charge in [0.05, 0.1) is 5.69 Å². The smallest absolute Gasteiger partial charge is 0.123 e. The predicted octanol–water partition coefficient (Wildman–Crippen LogP) is 7.22. The van der Waals surface area contributed by atoms with Gasteiger partial charge < -0.3 is 0 Å². The highest BCUT2D eigenvalue weighted by molar-refractivity contribution is 5.89. The molecule has 1 saturated heterocycles. The summed E-state index contributed by atoms with van der Waals surface area (Å²) in [6, 6.07) is 20.3. The van der Waals surface area contributed by atoms with E-state index in [0.717, 1.165) is 54.0 Å². The average Bonchev–Trinajstić information content (AvgIpc) is 3.54. The first kappa shape index (κ1) is 23.8. The molecule has 1 fully saturated rings. The van der Waals surface area contributed by atoms with Crippen LogP contribution in [0.25, 0.3) is 28.0 Å². The summed E-state index contributed by atoms with van der Waals surface area (Å²) in [6.07, 6.45) is 8.16. The fourth-order valence-corrected chi connectivity index (χ4v) is 5.84. The Hall–Kier alpha value is -3.57. The van der Waals surface area contributed by atoms with Crippen LogP contribution < -0.4 is 0 Å². The molecule has 2 aromatic carbocycles. The number of benzene rings is 2. The number of nitrogens with one attached hydrogen (secondary N) is 1. The molecule has 0 amide bonds. The quantitative estimate of drug-likeness (QED) is 0.327. The minimum absolute atomic E-state index is 0.173. The van der Waals surface area contributed by atoms with E-state index in [0.29, 0.717) is 12.0 Å². The fraction of sp³-hybridized carbons (Fsp3) is 0.312. The number of pyridine rings is 1. The molecular formula is C32H33FN4. The molecule has 37 heavy (non-hydrogen) atoms. The largest absolute Gasteiger partial charge is 0.296 e. The number of nitrogens with zero attached hydrogens (tertiary/aromatic N) is 3. The number of aromatic amines is 1. The van der Waals surface area contributed by atoms with E-state index in [2.05, 4.69) is 66.1 Å². The van der Waals surface area contributed by atoms with Gasteiger partial charge in [0.15, 0.2) is 0 Å². The Morgan fingerprint density at radius 2 is 1.65 bits per heavy atom. The Kier molecular flexibility index (Phi) is 6.04. The van der Waals surface area contributed by atoms with E-state index in [1.807, 2.05) is 24.5 Å². The second-order valence-electron chi connectivity index (χ2n) is 11.4. The first-order chi connectivity index (χ1) is 17.9. The fourth-order valence-electron chi connectivity index (χ4n) is 5.84. The topological polar surface area (TPSA) is 44.8 Å². The highest BCUT2D eigenvalue weighted by Crippen LogP contribution is 2.42. The minimum atomic E-state index is -0.246. The van der Waals surface area contributed by atoms with E-state index in [1.54, 1.807) is 12.1 Å². The molecule has 4 aromatic rings. The summed E-state index contributed by atoms with van der Waals surface area (Å²) in [4.78, 5) is 6.83. The maximum atomic E-state index is 13.6. The van der Waals surface area contributed by atoms with Crippen molar-refractivity contribution in [1.82, 2.24) is 20.1 Å². The zero-order valence-corrected chi connectivity index (χ0v) is 21.7. The third-order valence-corrected chi connectivity index (χ3v) is 7.93. The Bertz CT molecular complexity index is 1410. The third-order valence-electron chi connectivity index (χ3n) is 7.93. The van der Waals surface area contributed by atoms with Crippen molar-refractivity contribution >= 4 is 5.57 Å². The summed E-state index contributed by atoms with van der Waals surface area (Å²) in [5.74, 6) is 0.301. The van der Waals surface area contributed by atoms with Crippen LogP contribution in [0, 0.1) is 5.82 Å². The average molecular weight is 493 g/mol. The van der Waals surface area contributed by atoms with Gasteiger partial charge in [-0.25, -0.2) is 4.39 Å². The molecular weight excluding hydrogens is 459 g/mol. The first-order valence-electron chi connectivity index (χ1n) is 13.2. The number of rotatable bonds is 4. The maximum absolute atomic E-state index is 13.6. The summed E-state index contributed by atoms with van der Waals surface area (Å²) in [6.45, 7) is 8.93. The number of fused-ring (bicyclic) bond motifs is 1. The van der Waals surface area contributed by atoms with Crippen LogP contribution in [-0.4, -0.2) is 39.2 Å². The molecule has 2 aliphatic heterocycles. The van der Waals surface area contributed by atoms with E-state index >= 15 is 0 Å². The standard InChI is InChI=1S/C32H33FN4/c1-32(2,3)26-8-4-21(5-9-26)25-19-28-18-24(14-17-37(28)20-25)31-29(22-12-15-34-16-13-22)30(35-36-31)23-6-10-27(33)11-7-23/h4-13,15-16,18,25,28H,14,17,19-20H2,1-3H3,(H,35,36)/t25-,28-/m1/s1. The number of halogens is 1. The van der Waals surface area contributed by atoms with Crippen molar-refractivity contribution in [3.8, 4) is 22.4 Å². The lowest BCUT2D eigenvalue weighted by Gasteiger charge is -2.28. The summed E-state index contributed by atoms with van der Waals surface area (Å²) in [7, 11) is 0. The molecule has 4 heterocycles. The van der Waals surface area contributed by atoms with Crippen molar-refractivity contribution in [3.05, 3.63) is 102 Å². The third kappa shape index (κ3) is 4.64. The van der Waals surface area contributed by atoms with Gasteiger partial charge in [-0.05, 0) is 82.8 Å². The van der Waals surface area contributed by atoms with Crippen LogP contribution in [0.5, 0.6) is 0 Å². The molecule has 1 N–H and O–H groups in total. The van der Waals surface area contributed by atoms with Crippen molar-refractivity contribution < 1.29 is 4.39 Å². The first-order valence-corrected chi connectivity index (χ1v) is 13.2. The molecule has 6 rings (SSSR count). The summed E-state index contributed by atoms with van der Waals surface area (Å²) in [5, 5.41) is 8.07. The van der Waals surface area contributed by atoms with Crippen LogP contribution >= 0.6 is 0 Å². The van der Waals surface area contributed by atoms with Crippen LogP contribution in [0.1, 0.15) is 56.4 Å². The number of H-pyrrole nitrogens is 1. The molecule has 0 aliphatic carbocycles. The maximum Gasteiger partial charge on any atom is 0.123 e. The molecule has 2 aliphatic rings. The number of hydrogen-bond donors (Lipinski definition) is 1. The Labute approximate surface area is 218 Å². The summed E-state index contributed by atoms with van der Waals surface area (Å²) in [5.41, 5.74) is 9.21. The highest BCUT2D eigenvalue weighted by Gasteiger charge is 2.35. The van der Waals surface area contributed by atoms with E-state index in [4.69, 9.17) is 5.10 Å². The van der Waals surface area contributed by atoms with Crippen molar-refractivity contribution in [2.24, 2.45) is 0 Å². The lowest BCUT2D eigenvalue weighted by Crippen LogP contribution is -2.32. The van der Waals surface area contributed by atoms with Gasteiger partial charge in [-0.2, -0.15) is 5.10 Å². The zero-order valence-electron chi connectivity index (χ0n) is 21.7. The zero-order chi connectivity index (χ0) is 25.6. The van der Waals surface area contributed by atoms with Gasteiger partial charge >= 0.3 is 0 Å². The van der Waals surface area contributed by atoms with Gasteiger partial charge in [-0.3, -0.25) is 15.0 Å². The van der Waals surface area contributed by atoms with E-state index < -0.39 is 0 Å². The Balaban J connectivity index is 1.32. The van der Waals surface area contributed by atoms with Crippen molar-refractivity contribution in [2.75, 3.05) is 13.1 Å². The van der Waals surface area contributed by atoms with E-state index in [1.165, 1.54) is 28.8 Å². The second kappa shape index (κ2) is 9.38. The SMILES string of the molecule is CC(C)(C)c1ccc([C@@H]2C[C@H]3C=C(c4[nH]nc(-c5ccc(F)cc5)c4-c4ccncc4)CCN3C2)cc1. The molecule has 0 bridgehead atoms. The molecule has 0 radical (unpaired) electrons. The van der Waals surface area contributed by atoms with Crippen LogP contribution in [0.15, 0.2) is 79.1 Å². The van der Waals surface area contributed by atoms with E-state index in [-0.39, 0.29) is 11.2 Å². The predicted molar refractivity (Wildman–Crippen MR) is 148 cm³/mol. The van der Waals surface area contributed by atoms with Gasteiger partial charge in [0.1, 0.15) is 11.5 Å². The van der Waals surface area contributed by atoms with Crippen molar-refractivity contribution in [2.45, 2.75) is 51.0 Å². The molecule has 188 valence electrons. The normalized spacial score (nSPS) is 20.1. The van der Waals surface area contributed by atoms with Crippen LogP contribution in [0.4, 0.5) is 4.39 Å². The summed E-state index contributed by atoms with van der Waals surface area (Å²) >= 11 is 0. The second-order valence-corrected chi connectivity index (χ2v) is 11.4. The summed E-state index contributed by atoms with van der Waals surface area (Å²) < 4.78 is 13.6. The highest BCUT2D eigenvalue weighted by atomic mass is 19.1. The Morgan fingerprint density at radius 1 is 0.919 bits per heavy atom. The molecule has 5 heteroatoms. The van der Waals surface area contributed by atoms with Crippen molar-refractivity contribution in [3.63, 3.8) is 0 Å². The molecule has 0 unspecified atom stereocenters. The minimum Gasteiger partial charge on any atom is -0.296 e.